The Hall–Kier alpha value is -3.92. The van der Waals surface area contributed by atoms with Crippen LogP contribution in [0.2, 0.25) is 0 Å². The Morgan fingerprint density at radius 1 is 1.06 bits per heavy atom. The average molecular weight is 455 g/mol. The summed E-state index contributed by atoms with van der Waals surface area (Å²) < 4.78 is 15.8. The maximum atomic E-state index is 12.4. The number of esters is 1. The van der Waals surface area contributed by atoms with Crippen molar-refractivity contribution in [1.29, 1.82) is 0 Å². The minimum Gasteiger partial charge on any atom is -0.495 e. The lowest BCUT2D eigenvalue weighted by molar-refractivity contribution is -0.120. The largest absolute Gasteiger partial charge is 0.495 e. The molecule has 3 rings (SSSR count). The standard InChI is InChI=1S/C22H21N3O6S/c1-29-18-9-5-3-7-16(18)25-20(27)10-21-24-14(13-32-21)11-31-22(28)15-6-2-4-8-17(15)30-12-19(23)26/h2-9,13H,10-12H2,1H3,(H2,23,26)(H,25,27). The fourth-order valence-electron chi connectivity index (χ4n) is 2.70. The molecule has 0 aliphatic rings. The van der Waals surface area contributed by atoms with Crippen LogP contribution in [0.5, 0.6) is 11.5 Å². The number of benzene rings is 2. The predicted octanol–water partition coefficient (Wildman–Crippen LogP) is 2.55. The number of nitrogens with two attached hydrogens (primary N) is 1. The third-order valence-corrected chi connectivity index (χ3v) is 5.02. The fourth-order valence-corrected chi connectivity index (χ4v) is 3.48. The molecule has 3 aromatic rings. The summed E-state index contributed by atoms with van der Waals surface area (Å²) in [5, 5.41) is 5.08. The SMILES string of the molecule is COc1ccccc1NC(=O)Cc1nc(COC(=O)c2ccccc2OCC(N)=O)cs1. The van der Waals surface area contributed by atoms with Gasteiger partial charge in [-0.05, 0) is 24.3 Å². The highest BCUT2D eigenvalue weighted by Crippen LogP contribution is 2.24. The van der Waals surface area contributed by atoms with Crippen LogP contribution in [0, 0.1) is 0 Å². The van der Waals surface area contributed by atoms with Crippen molar-refractivity contribution >= 4 is 34.8 Å². The van der Waals surface area contributed by atoms with E-state index in [1.54, 1.807) is 41.8 Å². The molecule has 1 aromatic heterocycles. The number of carbonyl (C=O) groups excluding carboxylic acids is 3. The number of hydrogen-bond donors (Lipinski definition) is 2. The molecule has 0 spiro atoms. The molecular formula is C22H21N3O6S. The number of primary amides is 1. The van der Waals surface area contributed by atoms with Crippen LogP contribution in [-0.2, 0) is 27.4 Å². The maximum absolute atomic E-state index is 12.4. The summed E-state index contributed by atoms with van der Waals surface area (Å²) in [4.78, 5) is 40.0. The van der Waals surface area contributed by atoms with Gasteiger partial charge in [0.2, 0.25) is 5.91 Å². The van der Waals surface area contributed by atoms with E-state index in [0.29, 0.717) is 22.1 Å². The summed E-state index contributed by atoms with van der Waals surface area (Å²) in [7, 11) is 1.53. The second-order valence-electron chi connectivity index (χ2n) is 6.49. The highest BCUT2D eigenvalue weighted by molar-refractivity contribution is 7.09. The number of carbonyl (C=O) groups is 3. The van der Waals surface area contributed by atoms with Gasteiger partial charge in [-0.1, -0.05) is 24.3 Å². The molecule has 3 N–H and O–H groups in total. The Morgan fingerprint density at radius 2 is 1.78 bits per heavy atom. The summed E-state index contributed by atoms with van der Waals surface area (Å²) in [5.41, 5.74) is 6.33. The normalized spacial score (nSPS) is 10.3. The molecular weight excluding hydrogens is 434 g/mol. The van der Waals surface area contributed by atoms with Crippen LogP contribution in [-0.4, -0.2) is 36.5 Å². The predicted molar refractivity (Wildman–Crippen MR) is 118 cm³/mol. The first kappa shape index (κ1) is 22.8. The van der Waals surface area contributed by atoms with Gasteiger partial charge in [0.15, 0.2) is 6.61 Å². The summed E-state index contributed by atoms with van der Waals surface area (Å²) >= 11 is 1.29. The van der Waals surface area contributed by atoms with Gasteiger partial charge in [0.25, 0.3) is 5.91 Å². The van der Waals surface area contributed by atoms with Crippen LogP contribution < -0.4 is 20.5 Å². The van der Waals surface area contributed by atoms with Crippen LogP contribution in [0.15, 0.2) is 53.9 Å². The highest BCUT2D eigenvalue weighted by atomic mass is 32.1. The summed E-state index contributed by atoms with van der Waals surface area (Å²) in [6.45, 7) is -0.426. The van der Waals surface area contributed by atoms with Crippen molar-refractivity contribution in [2.75, 3.05) is 19.0 Å². The zero-order chi connectivity index (χ0) is 22.9. The first-order valence-electron chi connectivity index (χ1n) is 9.49. The topological polar surface area (TPSA) is 130 Å². The summed E-state index contributed by atoms with van der Waals surface area (Å²) in [6, 6.07) is 13.5. The van der Waals surface area contributed by atoms with Gasteiger partial charge in [-0.25, -0.2) is 9.78 Å². The number of aromatic nitrogens is 1. The van der Waals surface area contributed by atoms with E-state index >= 15 is 0 Å². The lowest BCUT2D eigenvalue weighted by Gasteiger charge is -2.09. The van der Waals surface area contributed by atoms with E-state index in [0.717, 1.165) is 0 Å². The number of anilines is 1. The van der Waals surface area contributed by atoms with Gasteiger partial charge in [0, 0.05) is 5.38 Å². The molecule has 9 nitrogen and oxygen atoms in total. The molecule has 0 radical (unpaired) electrons. The molecule has 2 amide bonds. The monoisotopic (exact) mass is 455 g/mol. The molecule has 10 heteroatoms. The van der Waals surface area contributed by atoms with Gasteiger partial charge in [0.05, 0.1) is 24.9 Å². The Labute approximate surface area is 188 Å². The number of amides is 2. The molecule has 0 saturated heterocycles. The Bertz CT molecular complexity index is 1110. The molecule has 0 aliphatic carbocycles. The minimum absolute atomic E-state index is 0.0699. The van der Waals surface area contributed by atoms with Crippen molar-refractivity contribution in [2.45, 2.75) is 13.0 Å². The average Bonchev–Trinajstić information content (AvgIpc) is 3.23. The molecule has 32 heavy (non-hydrogen) atoms. The van der Waals surface area contributed by atoms with Crippen molar-refractivity contribution < 1.29 is 28.6 Å². The zero-order valence-corrected chi connectivity index (χ0v) is 18.0. The second-order valence-corrected chi connectivity index (χ2v) is 7.43. The third-order valence-electron chi connectivity index (χ3n) is 4.12. The molecule has 0 saturated carbocycles. The minimum atomic E-state index is -0.655. The van der Waals surface area contributed by atoms with Crippen molar-refractivity contribution in [3.05, 3.63) is 70.2 Å². The van der Waals surface area contributed by atoms with Crippen LogP contribution in [0.1, 0.15) is 21.1 Å². The van der Waals surface area contributed by atoms with E-state index in [4.69, 9.17) is 19.9 Å². The summed E-state index contributed by atoms with van der Waals surface area (Å²) in [6.07, 6.45) is 0.0699. The first-order chi connectivity index (χ1) is 15.5. The number of hydrogen-bond acceptors (Lipinski definition) is 8. The van der Waals surface area contributed by atoms with Gasteiger partial charge in [-0.2, -0.15) is 0 Å². The van der Waals surface area contributed by atoms with Crippen LogP contribution in [0.3, 0.4) is 0 Å². The van der Waals surface area contributed by atoms with E-state index in [9.17, 15) is 14.4 Å². The Kier molecular flexibility index (Phi) is 7.76. The van der Waals surface area contributed by atoms with Gasteiger partial charge < -0.3 is 25.3 Å². The number of thiazole rings is 1. The lowest BCUT2D eigenvalue weighted by atomic mass is 10.2. The lowest BCUT2D eigenvalue weighted by Crippen LogP contribution is -2.21. The molecule has 1 heterocycles. The quantitative estimate of drug-likeness (QED) is 0.449. The Balaban J connectivity index is 1.55. The highest BCUT2D eigenvalue weighted by Gasteiger charge is 2.16. The third kappa shape index (κ3) is 6.29. The van der Waals surface area contributed by atoms with Gasteiger partial charge in [-0.15, -0.1) is 11.3 Å². The number of ether oxygens (including phenoxy) is 3. The van der Waals surface area contributed by atoms with E-state index in [1.807, 2.05) is 6.07 Å². The zero-order valence-electron chi connectivity index (χ0n) is 17.2. The van der Waals surface area contributed by atoms with Crippen LogP contribution >= 0.6 is 11.3 Å². The fraction of sp³-hybridized carbons (Fsp3) is 0.182. The van der Waals surface area contributed by atoms with E-state index in [-0.39, 0.29) is 36.9 Å². The number of rotatable bonds is 10. The van der Waals surface area contributed by atoms with E-state index in [1.165, 1.54) is 24.5 Å². The molecule has 0 atom stereocenters. The molecule has 0 aliphatic heterocycles. The molecule has 0 fully saturated rings. The number of nitrogens with zero attached hydrogens (tertiary/aromatic N) is 1. The van der Waals surface area contributed by atoms with Gasteiger partial charge >= 0.3 is 5.97 Å². The van der Waals surface area contributed by atoms with Crippen LogP contribution in [0.4, 0.5) is 5.69 Å². The number of methoxy groups -OCH3 is 1. The number of para-hydroxylation sites is 3. The van der Waals surface area contributed by atoms with Crippen LogP contribution in [0.25, 0.3) is 0 Å². The van der Waals surface area contributed by atoms with Crippen molar-refractivity contribution in [2.24, 2.45) is 5.73 Å². The van der Waals surface area contributed by atoms with Gasteiger partial charge in [-0.3, -0.25) is 9.59 Å². The molecule has 0 bridgehead atoms. The Morgan fingerprint density at radius 3 is 2.53 bits per heavy atom. The second kappa shape index (κ2) is 10.9. The smallest absolute Gasteiger partial charge is 0.342 e. The molecule has 166 valence electrons. The van der Waals surface area contributed by atoms with Crippen molar-refractivity contribution in [3.8, 4) is 11.5 Å². The maximum Gasteiger partial charge on any atom is 0.342 e. The van der Waals surface area contributed by atoms with Crippen molar-refractivity contribution in [3.63, 3.8) is 0 Å². The van der Waals surface area contributed by atoms with E-state index in [2.05, 4.69) is 10.3 Å². The van der Waals surface area contributed by atoms with Crippen molar-refractivity contribution in [1.82, 2.24) is 4.98 Å². The molecule has 0 unspecified atom stereocenters. The first-order valence-corrected chi connectivity index (χ1v) is 10.4. The summed E-state index contributed by atoms with van der Waals surface area (Å²) in [5.74, 6) is -0.768. The van der Waals surface area contributed by atoms with Gasteiger partial charge in [0.1, 0.15) is 28.7 Å². The van der Waals surface area contributed by atoms with E-state index < -0.39 is 11.9 Å². The number of nitrogens with one attached hydrogen (secondary N) is 1. The molecule has 2 aromatic carbocycles.